The van der Waals surface area contributed by atoms with E-state index in [9.17, 15) is 87.8 Å². The third-order valence-corrected chi connectivity index (χ3v) is 11.1. The number of alkyl halides is 17. The predicted molar refractivity (Wildman–Crippen MR) is 108 cm³/mol. The fourth-order valence-electron chi connectivity index (χ4n) is 3.14. The summed E-state index contributed by atoms with van der Waals surface area (Å²) in [5.74, 6) is -55.9. The zero-order chi connectivity index (χ0) is 33.6. The van der Waals surface area contributed by atoms with Gasteiger partial charge in [0.15, 0.2) is 0 Å². The van der Waals surface area contributed by atoms with Gasteiger partial charge in [0.05, 0.1) is 19.0 Å². The molecule has 42 heavy (non-hydrogen) atoms. The van der Waals surface area contributed by atoms with Crippen LogP contribution in [0.4, 0.5) is 74.6 Å². The summed E-state index contributed by atoms with van der Waals surface area (Å²) in [4.78, 5) is 12.1. The molecular weight excluding hydrogens is 683 g/mol. The third kappa shape index (κ3) is 6.01. The fraction of sp³-hybridized carbons (Fsp3) is 0.944. The molecule has 0 saturated carbocycles. The molecule has 0 N–H and O–H groups in total. The van der Waals surface area contributed by atoms with Crippen LogP contribution < -0.4 is 0 Å². The van der Waals surface area contributed by atoms with Crippen molar-refractivity contribution in [2.75, 3.05) is 30.5 Å². The van der Waals surface area contributed by atoms with Crippen molar-refractivity contribution in [3.05, 3.63) is 0 Å². The Morgan fingerprint density at radius 2 is 1.07 bits per heavy atom. The molecule has 1 aliphatic heterocycles. The number of rotatable bonds is 14. The van der Waals surface area contributed by atoms with E-state index in [1.165, 1.54) is 0 Å². The number of ketones is 1. The lowest BCUT2D eigenvalue weighted by Gasteiger charge is -2.44. The van der Waals surface area contributed by atoms with Crippen LogP contribution in [0.1, 0.15) is 26.2 Å². The van der Waals surface area contributed by atoms with Crippen LogP contribution in [0.2, 0.25) is 0 Å². The lowest BCUT2D eigenvalue weighted by molar-refractivity contribution is -0.458. The lowest BCUT2D eigenvalue weighted by Crippen LogP contribution is -2.75. The lowest BCUT2D eigenvalue weighted by atomic mass is 9.91. The molecule has 0 spiro atoms. The highest BCUT2D eigenvalue weighted by Gasteiger charge is 2.96. The van der Waals surface area contributed by atoms with Crippen molar-refractivity contribution >= 4 is 26.2 Å². The molecular formula is C18H19F17O5S2. The second-order valence-electron chi connectivity index (χ2n) is 8.76. The van der Waals surface area contributed by atoms with E-state index < -0.39 is 104 Å². The van der Waals surface area contributed by atoms with Crippen LogP contribution >= 0.6 is 10.3 Å². The Hall–Kier alpha value is -1.30. The Bertz CT molecular complexity index is 1080. The van der Waals surface area contributed by atoms with Crippen molar-refractivity contribution in [2.24, 2.45) is 0 Å². The van der Waals surface area contributed by atoms with Crippen LogP contribution in [0, 0.1) is 0 Å². The maximum absolute atomic E-state index is 14.4. The average molecular weight is 702 g/mol. The van der Waals surface area contributed by atoms with Crippen molar-refractivity contribution in [3.8, 4) is 0 Å². The monoisotopic (exact) mass is 702 g/mol. The van der Waals surface area contributed by atoms with E-state index in [2.05, 4.69) is 3.63 Å². The van der Waals surface area contributed by atoms with Gasteiger partial charge in [0.2, 0.25) is 0 Å². The quantitative estimate of drug-likeness (QED) is 0.186. The van der Waals surface area contributed by atoms with Gasteiger partial charge in [-0.2, -0.15) is 83.1 Å². The molecule has 0 bridgehead atoms. The number of Topliss-reactive ketones (excluding diaryl/α,β-unsaturated/α-hetero) is 1. The van der Waals surface area contributed by atoms with Crippen LogP contribution in [-0.2, 0) is 23.3 Å². The molecule has 5 nitrogen and oxygen atoms in total. The van der Waals surface area contributed by atoms with Gasteiger partial charge in [-0.3, -0.25) is 4.79 Å². The zero-order valence-corrected chi connectivity index (χ0v) is 22.1. The molecule has 0 aromatic rings. The molecule has 1 aliphatic rings. The van der Waals surface area contributed by atoms with E-state index in [4.69, 9.17) is 4.74 Å². The summed E-state index contributed by atoms with van der Waals surface area (Å²) < 4.78 is 262. The summed E-state index contributed by atoms with van der Waals surface area (Å²) in [5, 5.41) is -7.78. The largest absolute Gasteiger partial charge is 0.460 e. The van der Waals surface area contributed by atoms with E-state index in [1.807, 2.05) is 0 Å². The van der Waals surface area contributed by atoms with Gasteiger partial charge in [0.1, 0.15) is 5.78 Å². The minimum Gasteiger partial charge on any atom is -0.380 e. The molecule has 1 fully saturated rings. The zero-order valence-electron chi connectivity index (χ0n) is 20.4. The molecule has 0 aromatic carbocycles. The molecule has 0 radical (unpaired) electrons. The highest BCUT2D eigenvalue weighted by molar-refractivity contribution is 8.33. The van der Waals surface area contributed by atoms with E-state index in [-0.39, 0.29) is 12.8 Å². The molecule has 0 atom stereocenters. The maximum atomic E-state index is 14.4. The topological polar surface area (TPSA) is 69.7 Å². The van der Waals surface area contributed by atoms with Gasteiger partial charge in [-0.05, 0) is 6.42 Å². The van der Waals surface area contributed by atoms with Crippen LogP contribution in [0.5, 0.6) is 0 Å². The van der Waals surface area contributed by atoms with Gasteiger partial charge in [-0.15, -0.1) is 10.3 Å². The van der Waals surface area contributed by atoms with Crippen molar-refractivity contribution in [2.45, 2.75) is 73.2 Å². The number of ether oxygens (including phenoxy) is 1. The highest BCUT2D eigenvalue weighted by Crippen LogP contribution is 2.65. The molecule has 0 amide bonds. The normalized spacial score (nSPS) is 19.5. The Morgan fingerprint density at radius 1 is 0.690 bits per heavy atom. The van der Waals surface area contributed by atoms with Crippen LogP contribution in [0.15, 0.2) is 0 Å². The predicted octanol–water partition coefficient (Wildman–Crippen LogP) is 6.81. The molecule has 252 valence electrons. The van der Waals surface area contributed by atoms with Crippen LogP contribution in [0.25, 0.3) is 0 Å². The second-order valence-corrected chi connectivity index (χ2v) is 13.8. The van der Waals surface area contributed by atoms with Crippen molar-refractivity contribution in [3.63, 3.8) is 0 Å². The van der Waals surface area contributed by atoms with Gasteiger partial charge in [-0.1, -0.05) is 13.3 Å². The first-order valence-corrected chi connectivity index (χ1v) is 14.4. The molecule has 0 aliphatic carbocycles. The van der Waals surface area contributed by atoms with Crippen molar-refractivity contribution < 1.29 is 96.2 Å². The van der Waals surface area contributed by atoms with Crippen LogP contribution in [-0.4, -0.2) is 91.6 Å². The van der Waals surface area contributed by atoms with Gasteiger partial charge >= 0.3 is 57.1 Å². The van der Waals surface area contributed by atoms with Gasteiger partial charge in [0, 0.05) is 17.9 Å². The maximum Gasteiger partial charge on any atom is 0.460 e. The summed E-state index contributed by atoms with van der Waals surface area (Å²) >= 11 is 0. The number of carbonyl (C=O) groups is 1. The minimum atomic E-state index is -8.93. The summed E-state index contributed by atoms with van der Waals surface area (Å²) in [5.41, 5.74) is 0. The van der Waals surface area contributed by atoms with Crippen LogP contribution in [0.3, 0.4) is 0 Å². The van der Waals surface area contributed by atoms with Gasteiger partial charge in [0.25, 0.3) is 0 Å². The summed E-state index contributed by atoms with van der Waals surface area (Å²) in [6, 6.07) is 0. The molecule has 1 rings (SSSR count). The molecule has 0 unspecified atom stereocenters. The Balaban J connectivity index is 3.66. The van der Waals surface area contributed by atoms with Gasteiger partial charge < -0.3 is 4.74 Å². The molecule has 1 saturated heterocycles. The number of halogens is 17. The SMILES string of the molecule is CCCCC(=O)CS1(OS(=O)(=O)C(F)(F)C(F)(F)C(F)(F)C(F)(F)C(F)(F)C(F)(F)C(F)(F)C(F)(F)F)CCOCC1. The summed E-state index contributed by atoms with van der Waals surface area (Å²) in [6.45, 7) is 0.321. The first-order valence-electron chi connectivity index (χ1n) is 10.9. The number of hydrogen-bond acceptors (Lipinski definition) is 5. The van der Waals surface area contributed by atoms with E-state index in [1.54, 1.807) is 6.92 Å². The Kier molecular flexibility index (Phi) is 10.7. The van der Waals surface area contributed by atoms with Crippen molar-refractivity contribution in [1.82, 2.24) is 0 Å². The minimum absolute atomic E-state index is 0.110. The van der Waals surface area contributed by atoms with E-state index >= 15 is 0 Å². The third-order valence-electron chi connectivity index (χ3n) is 5.67. The smallest absolute Gasteiger partial charge is 0.380 e. The van der Waals surface area contributed by atoms with Gasteiger partial charge in [-0.25, -0.2) is 3.63 Å². The first-order chi connectivity index (χ1) is 18.4. The first kappa shape index (κ1) is 38.7. The fourth-order valence-corrected chi connectivity index (χ4v) is 8.25. The molecule has 1 heterocycles. The average Bonchev–Trinajstić information content (AvgIpc) is 2.81. The summed E-state index contributed by atoms with van der Waals surface area (Å²) in [6.07, 6.45) is -7.84. The molecule has 0 aromatic heterocycles. The standard InChI is InChI=1S/C18H19F17O5S2/c1-2-3-4-10(36)9-41(7-5-39-6-8-41)40-42(37,38)18(34,35)16(29,30)14(25,26)12(21,22)11(19,20)13(23,24)15(27,28)17(31,32)33/h2-9H2,1H3. The van der Waals surface area contributed by atoms with E-state index in [0.717, 1.165) is 0 Å². The Morgan fingerprint density at radius 3 is 1.45 bits per heavy atom. The Labute approximate surface area is 226 Å². The van der Waals surface area contributed by atoms with E-state index in [0.29, 0.717) is 6.42 Å². The highest BCUT2D eigenvalue weighted by atomic mass is 32.3. The molecule has 24 heteroatoms. The van der Waals surface area contributed by atoms with Crippen molar-refractivity contribution in [1.29, 1.82) is 0 Å². The number of carbonyl (C=O) groups excluding carboxylic acids is 1. The number of unbranched alkanes of at least 4 members (excludes halogenated alkanes) is 1. The second kappa shape index (κ2) is 11.6. The summed E-state index contributed by atoms with van der Waals surface area (Å²) in [7, 11) is -11.6. The number of hydrogen-bond donors (Lipinski definition) is 0.